The van der Waals surface area contributed by atoms with Crippen LogP contribution < -0.4 is 10.5 Å². The number of ether oxygens (including phenoxy) is 1. The van der Waals surface area contributed by atoms with E-state index in [-0.39, 0.29) is 15.7 Å². The van der Waals surface area contributed by atoms with Crippen molar-refractivity contribution in [1.29, 1.82) is 0 Å². The molecule has 0 amide bonds. The predicted octanol–water partition coefficient (Wildman–Crippen LogP) is 2.78. The molecule has 0 radical (unpaired) electrons. The molecule has 0 spiro atoms. The monoisotopic (exact) mass is 325 g/mol. The van der Waals surface area contributed by atoms with E-state index in [1.54, 1.807) is 36.4 Å². The molecule has 2 aromatic carbocycles. The van der Waals surface area contributed by atoms with E-state index >= 15 is 0 Å². The van der Waals surface area contributed by atoms with Gasteiger partial charge in [-0.2, -0.15) is 0 Å². The van der Waals surface area contributed by atoms with Crippen LogP contribution in [0, 0.1) is 0 Å². The zero-order valence-corrected chi connectivity index (χ0v) is 13.1. The lowest BCUT2D eigenvalue weighted by Crippen LogP contribution is -2.07. The van der Waals surface area contributed by atoms with Crippen molar-refractivity contribution in [2.75, 3.05) is 7.11 Å². The van der Waals surface area contributed by atoms with E-state index in [0.717, 1.165) is 5.56 Å². The van der Waals surface area contributed by atoms with Gasteiger partial charge < -0.3 is 10.5 Å². The minimum atomic E-state index is -3.51. The molecule has 2 rings (SSSR count). The number of rotatable bonds is 5. The fourth-order valence-corrected chi connectivity index (χ4v) is 3.95. The average Bonchev–Trinajstić information content (AvgIpc) is 2.47. The summed E-state index contributed by atoms with van der Waals surface area (Å²) in [6.07, 6.45) is 0. The van der Waals surface area contributed by atoms with Gasteiger partial charge in [0.25, 0.3) is 0 Å². The molecule has 0 aromatic heterocycles. The van der Waals surface area contributed by atoms with Gasteiger partial charge in [-0.05, 0) is 23.8 Å². The minimum Gasteiger partial charge on any atom is -0.496 e. The van der Waals surface area contributed by atoms with E-state index in [2.05, 4.69) is 0 Å². The number of nitrogens with two attached hydrogens (primary N) is 1. The van der Waals surface area contributed by atoms with Gasteiger partial charge in [-0.15, -0.1) is 0 Å². The highest BCUT2D eigenvalue weighted by atomic mass is 35.5. The summed E-state index contributed by atoms with van der Waals surface area (Å²) < 4.78 is 30.1. The van der Waals surface area contributed by atoms with Gasteiger partial charge >= 0.3 is 0 Å². The van der Waals surface area contributed by atoms with Crippen molar-refractivity contribution in [3.05, 3.63) is 58.6 Å². The summed E-state index contributed by atoms with van der Waals surface area (Å²) in [6.45, 7) is 0.334. The molecule has 4 nitrogen and oxygen atoms in total. The molecule has 112 valence electrons. The molecule has 6 heteroatoms. The topological polar surface area (TPSA) is 69.4 Å². The molecular formula is C15H16ClNO3S. The molecule has 0 saturated heterocycles. The molecule has 0 aliphatic heterocycles. The van der Waals surface area contributed by atoms with Crippen molar-refractivity contribution in [2.45, 2.75) is 17.2 Å². The van der Waals surface area contributed by atoms with Gasteiger partial charge in [0.15, 0.2) is 9.84 Å². The summed E-state index contributed by atoms with van der Waals surface area (Å²) in [5.74, 6) is 0.446. The van der Waals surface area contributed by atoms with Gasteiger partial charge in [0.2, 0.25) is 0 Å². The summed E-state index contributed by atoms with van der Waals surface area (Å²) in [5.41, 5.74) is 7.06. The predicted molar refractivity (Wildman–Crippen MR) is 83.2 cm³/mol. The maximum atomic E-state index is 12.4. The van der Waals surface area contributed by atoms with Crippen LogP contribution in [0.25, 0.3) is 0 Å². The Kier molecular flexibility index (Phi) is 4.88. The number of halogens is 1. The molecule has 0 bridgehead atoms. The van der Waals surface area contributed by atoms with Crippen molar-refractivity contribution in [3.8, 4) is 5.75 Å². The quantitative estimate of drug-likeness (QED) is 0.917. The van der Waals surface area contributed by atoms with Crippen molar-refractivity contribution < 1.29 is 13.2 Å². The molecule has 2 aromatic rings. The minimum absolute atomic E-state index is 0.133. The van der Waals surface area contributed by atoms with E-state index in [1.165, 1.54) is 13.2 Å². The molecular weight excluding hydrogens is 310 g/mol. The Morgan fingerprint density at radius 3 is 2.52 bits per heavy atom. The normalized spacial score (nSPS) is 11.4. The van der Waals surface area contributed by atoms with Crippen LogP contribution in [0.1, 0.15) is 11.1 Å². The summed E-state index contributed by atoms with van der Waals surface area (Å²) >= 11 is 5.96. The Hall–Kier alpha value is -1.56. The number of benzene rings is 2. The number of hydrogen-bond donors (Lipinski definition) is 1. The highest BCUT2D eigenvalue weighted by Crippen LogP contribution is 2.26. The second kappa shape index (κ2) is 6.47. The third-order valence-corrected chi connectivity index (χ3v) is 5.28. The van der Waals surface area contributed by atoms with Crippen molar-refractivity contribution >= 4 is 21.4 Å². The third-order valence-electron chi connectivity index (χ3n) is 3.10. The fourth-order valence-electron chi connectivity index (χ4n) is 2.04. The Morgan fingerprint density at radius 1 is 1.19 bits per heavy atom. The number of hydrogen-bond acceptors (Lipinski definition) is 4. The van der Waals surface area contributed by atoms with Crippen LogP contribution in [0.15, 0.2) is 47.4 Å². The first kappa shape index (κ1) is 15.8. The zero-order valence-electron chi connectivity index (χ0n) is 11.5. The molecule has 0 aliphatic rings. The lowest BCUT2D eigenvalue weighted by molar-refractivity contribution is 0.409. The second-order valence-corrected chi connectivity index (χ2v) is 6.91. The van der Waals surface area contributed by atoms with Crippen LogP contribution >= 0.6 is 11.6 Å². The van der Waals surface area contributed by atoms with Gasteiger partial charge in [0, 0.05) is 12.1 Å². The van der Waals surface area contributed by atoms with E-state index in [0.29, 0.717) is 17.9 Å². The van der Waals surface area contributed by atoms with Crippen molar-refractivity contribution in [3.63, 3.8) is 0 Å². The Bertz CT molecular complexity index is 744. The molecule has 0 fully saturated rings. The SMILES string of the molecule is COc1cc(CS(=O)(=O)c2ccccc2Cl)ccc1CN. The highest BCUT2D eigenvalue weighted by molar-refractivity contribution is 7.90. The third kappa shape index (κ3) is 3.56. The largest absolute Gasteiger partial charge is 0.496 e. The maximum Gasteiger partial charge on any atom is 0.183 e. The first-order valence-electron chi connectivity index (χ1n) is 6.31. The summed E-state index contributed by atoms with van der Waals surface area (Å²) in [6, 6.07) is 11.6. The molecule has 0 saturated carbocycles. The van der Waals surface area contributed by atoms with Crippen molar-refractivity contribution in [2.24, 2.45) is 5.73 Å². The molecule has 0 unspecified atom stereocenters. The molecule has 2 N–H and O–H groups in total. The molecule has 0 heterocycles. The van der Waals surface area contributed by atoms with E-state index in [9.17, 15) is 8.42 Å². The molecule has 0 aliphatic carbocycles. The Balaban J connectivity index is 2.35. The number of methoxy groups -OCH3 is 1. The first-order valence-corrected chi connectivity index (χ1v) is 8.34. The summed E-state index contributed by atoms with van der Waals surface area (Å²) in [7, 11) is -1.98. The van der Waals surface area contributed by atoms with E-state index < -0.39 is 9.84 Å². The lowest BCUT2D eigenvalue weighted by Gasteiger charge is -2.10. The van der Waals surface area contributed by atoms with Gasteiger partial charge in [-0.25, -0.2) is 8.42 Å². The number of sulfone groups is 1. The zero-order chi connectivity index (χ0) is 15.5. The van der Waals surface area contributed by atoms with Crippen LogP contribution in [0.4, 0.5) is 0 Å². The Morgan fingerprint density at radius 2 is 1.90 bits per heavy atom. The average molecular weight is 326 g/mol. The smallest absolute Gasteiger partial charge is 0.183 e. The summed E-state index contributed by atoms with van der Waals surface area (Å²) in [5, 5.41) is 0.225. The summed E-state index contributed by atoms with van der Waals surface area (Å²) in [4.78, 5) is 0.133. The van der Waals surface area contributed by atoms with Crippen LogP contribution in [-0.2, 0) is 22.1 Å². The van der Waals surface area contributed by atoms with Crippen LogP contribution in [0.2, 0.25) is 5.02 Å². The maximum absolute atomic E-state index is 12.4. The van der Waals surface area contributed by atoms with Gasteiger partial charge in [0.05, 0.1) is 22.8 Å². The van der Waals surface area contributed by atoms with E-state index in [4.69, 9.17) is 22.1 Å². The molecule has 21 heavy (non-hydrogen) atoms. The van der Waals surface area contributed by atoms with E-state index in [1.807, 2.05) is 0 Å². The van der Waals surface area contributed by atoms with Crippen molar-refractivity contribution in [1.82, 2.24) is 0 Å². The lowest BCUT2D eigenvalue weighted by atomic mass is 10.1. The van der Waals surface area contributed by atoms with Gasteiger partial charge in [-0.1, -0.05) is 35.9 Å². The first-order chi connectivity index (χ1) is 9.97. The van der Waals surface area contributed by atoms with Crippen LogP contribution in [0.5, 0.6) is 5.75 Å². The molecule has 0 atom stereocenters. The van der Waals surface area contributed by atoms with Gasteiger partial charge in [-0.3, -0.25) is 0 Å². The van der Waals surface area contributed by atoms with Crippen LogP contribution in [-0.4, -0.2) is 15.5 Å². The fraction of sp³-hybridized carbons (Fsp3) is 0.200. The second-order valence-electron chi connectivity index (χ2n) is 4.54. The standard InChI is InChI=1S/C15H16ClNO3S/c1-20-14-8-11(6-7-12(14)9-17)10-21(18,19)15-5-3-2-4-13(15)16/h2-8H,9-10,17H2,1H3. The highest BCUT2D eigenvalue weighted by Gasteiger charge is 2.19. The van der Waals surface area contributed by atoms with Gasteiger partial charge in [0.1, 0.15) is 5.75 Å². The Labute approximate surface area is 129 Å². The van der Waals surface area contributed by atoms with Crippen LogP contribution in [0.3, 0.4) is 0 Å².